The van der Waals surface area contributed by atoms with Crippen molar-refractivity contribution >= 4 is 21.9 Å². The van der Waals surface area contributed by atoms with Crippen LogP contribution in [-0.2, 0) is 21.7 Å². The molecule has 0 aromatic heterocycles. The molecule has 0 saturated carbocycles. The fraction of sp³-hybridized carbons (Fsp3) is 0.0714. The van der Waals surface area contributed by atoms with E-state index < -0.39 is 16.2 Å². The molecule has 0 bridgehead atoms. The molecule has 2 amide bonds. The highest BCUT2D eigenvalue weighted by atomic mass is 32.2. The minimum atomic E-state index is -4.26. The zero-order valence-corrected chi connectivity index (χ0v) is 12.4. The summed E-state index contributed by atoms with van der Waals surface area (Å²) in [5, 5.41) is 0. The van der Waals surface area contributed by atoms with Crippen molar-refractivity contribution in [3.05, 3.63) is 66.2 Å². The number of carbonyl (C=O) groups excluding carboxylic acids is 1. The summed E-state index contributed by atoms with van der Waals surface area (Å²) in [5.74, 6) is 0. The second-order valence-corrected chi connectivity index (χ2v) is 5.78. The lowest BCUT2D eigenvalue weighted by molar-refractivity contribution is 0.0795. The number of nitrogens with one attached hydrogen (secondary N) is 1. The first-order chi connectivity index (χ1) is 10.5. The Bertz CT molecular complexity index is 720. The number of hydrogen-bond donors (Lipinski definition) is 2. The van der Waals surface area contributed by atoms with Crippen LogP contribution in [0.4, 0.5) is 10.5 Å². The molecule has 7 nitrogen and oxygen atoms in total. The van der Waals surface area contributed by atoms with Gasteiger partial charge in [0, 0.05) is 0 Å². The maximum Gasteiger partial charge on any atom is 0.334 e. The maximum atomic E-state index is 12.2. The predicted octanol–water partition coefficient (Wildman–Crippen LogP) is 1.54. The van der Waals surface area contributed by atoms with Gasteiger partial charge in [-0.1, -0.05) is 53.4 Å². The van der Waals surface area contributed by atoms with Gasteiger partial charge >= 0.3 is 16.2 Å². The minimum Gasteiger partial charge on any atom is -0.350 e. The Labute approximate surface area is 128 Å². The Morgan fingerprint density at radius 1 is 1.05 bits per heavy atom. The van der Waals surface area contributed by atoms with Gasteiger partial charge in [0.1, 0.15) is 0 Å². The first kappa shape index (κ1) is 16.0. The molecule has 0 atom stereocenters. The van der Waals surface area contributed by atoms with Gasteiger partial charge in [0.2, 0.25) is 0 Å². The molecule has 0 saturated heterocycles. The van der Waals surface area contributed by atoms with Crippen LogP contribution in [0.2, 0.25) is 0 Å². The van der Waals surface area contributed by atoms with E-state index in [9.17, 15) is 13.2 Å². The van der Waals surface area contributed by atoms with Crippen LogP contribution in [0.1, 0.15) is 5.56 Å². The molecule has 2 aromatic rings. The summed E-state index contributed by atoms with van der Waals surface area (Å²) in [4.78, 5) is 18.3. The zero-order valence-electron chi connectivity index (χ0n) is 11.5. The van der Waals surface area contributed by atoms with Crippen LogP contribution in [0.15, 0.2) is 60.7 Å². The van der Waals surface area contributed by atoms with Gasteiger partial charge in [-0.05, 0) is 17.7 Å². The van der Waals surface area contributed by atoms with E-state index in [0.717, 1.165) is 5.56 Å². The van der Waals surface area contributed by atoms with Crippen LogP contribution in [-0.4, -0.2) is 14.4 Å². The molecular formula is C14H15N3O4S. The second-order valence-electron chi connectivity index (χ2n) is 4.30. The van der Waals surface area contributed by atoms with Gasteiger partial charge in [-0.2, -0.15) is 12.7 Å². The van der Waals surface area contributed by atoms with Crippen LogP contribution in [0, 0.1) is 0 Å². The highest BCUT2D eigenvalue weighted by Crippen LogP contribution is 2.16. The van der Waals surface area contributed by atoms with Gasteiger partial charge in [0.15, 0.2) is 0 Å². The summed E-state index contributed by atoms with van der Waals surface area (Å²) in [6.45, 7) is 0.0153. The van der Waals surface area contributed by atoms with E-state index in [1.165, 1.54) is 12.1 Å². The topological polar surface area (TPSA) is 102 Å². The first-order valence-corrected chi connectivity index (χ1v) is 7.77. The molecule has 116 valence electrons. The van der Waals surface area contributed by atoms with E-state index >= 15 is 0 Å². The Hall–Kier alpha value is -2.42. The SMILES string of the molecule is NC(=O)N(c1ccccc1)S(=O)(=O)NOCc1ccccc1. The zero-order chi connectivity index (χ0) is 16.0. The average Bonchev–Trinajstić information content (AvgIpc) is 2.48. The van der Waals surface area contributed by atoms with Crippen LogP contribution in [0.5, 0.6) is 0 Å². The Morgan fingerprint density at radius 3 is 2.14 bits per heavy atom. The van der Waals surface area contributed by atoms with Crippen LogP contribution in [0.25, 0.3) is 0 Å². The summed E-state index contributed by atoms with van der Waals surface area (Å²) < 4.78 is 24.7. The predicted molar refractivity (Wildman–Crippen MR) is 81.8 cm³/mol. The van der Waals surface area contributed by atoms with Gasteiger partial charge in [-0.15, -0.1) is 0 Å². The number of nitrogens with zero attached hydrogens (tertiary/aromatic N) is 1. The van der Waals surface area contributed by atoms with Crippen LogP contribution in [0.3, 0.4) is 0 Å². The third-order valence-electron chi connectivity index (χ3n) is 2.68. The van der Waals surface area contributed by atoms with Gasteiger partial charge in [0.25, 0.3) is 0 Å². The van der Waals surface area contributed by atoms with Crippen molar-refractivity contribution in [2.45, 2.75) is 6.61 Å². The van der Waals surface area contributed by atoms with E-state index in [2.05, 4.69) is 0 Å². The summed E-state index contributed by atoms with van der Waals surface area (Å²) in [6, 6.07) is 15.6. The molecule has 2 rings (SSSR count). The van der Waals surface area contributed by atoms with Gasteiger partial charge in [-0.25, -0.2) is 4.79 Å². The molecule has 0 aliphatic rings. The van der Waals surface area contributed by atoms with Crippen molar-refractivity contribution < 1.29 is 18.0 Å². The molecular weight excluding hydrogens is 306 g/mol. The van der Waals surface area contributed by atoms with Crippen LogP contribution < -0.4 is 14.9 Å². The largest absolute Gasteiger partial charge is 0.350 e. The fourth-order valence-electron chi connectivity index (χ4n) is 1.75. The second kappa shape index (κ2) is 7.03. The lowest BCUT2D eigenvalue weighted by Gasteiger charge is -2.20. The first-order valence-electron chi connectivity index (χ1n) is 6.33. The summed E-state index contributed by atoms with van der Waals surface area (Å²) in [7, 11) is -4.26. The number of anilines is 1. The molecule has 0 aliphatic heterocycles. The van der Waals surface area contributed by atoms with E-state index in [-0.39, 0.29) is 12.3 Å². The molecule has 0 radical (unpaired) electrons. The number of rotatable bonds is 6. The molecule has 0 fully saturated rings. The maximum absolute atomic E-state index is 12.2. The van der Waals surface area contributed by atoms with E-state index in [1.54, 1.807) is 42.5 Å². The number of amides is 2. The van der Waals surface area contributed by atoms with Crippen molar-refractivity contribution in [2.24, 2.45) is 5.73 Å². The van der Waals surface area contributed by atoms with E-state index in [4.69, 9.17) is 10.6 Å². The third kappa shape index (κ3) is 4.04. The lowest BCUT2D eigenvalue weighted by Crippen LogP contribution is -2.47. The molecule has 8 heteroatoms. The van der Waals surface area contributed by atoms with Crippen molar-refractivity contribution in [2.75, 3.05) is 4.31 Å². The summed E-state index contributed by atoms with van der Waals surface area (Å²) in [5.41, 5.74) is 6.04. The monoisotopic (exact) mass is 321 g/mol. The number of nitrogens with two attached hydrogens (primary N) is 1. The molecule has 3 N–H and O–H groups in total. The fourth-order valence-corrected chi connectivity index (χ4v) is 2.67. The molecule has 2 aromatic carbocycles. The van der Waals surface area contributed by atoms with Crippen molar-refractivity contribution in [1.29, 1.82) is 0 Å². The third-order valence-corrected chi connectivity index (χ3v) is 3.88. The van der Waals surface area contributed by atoms with Gasteiger partial charge < -0.3 is 5.73 Å². The van der Waals surface area contributed by atoms with Crippen molar-refractivity contribution in [3.8, 4) is 0 Å². The highest BCUT2D eigenvalue weighted by Gasteiger charge is 2.27. The Morgan fingerprint density at radius 2 is 1.59 bits per heavy atom. The average molecular weight is 321 g/mol. The quantitative estimate of drug-likeness (QED) is 0.788. The normalized spacial score (nSPS) is 11.1. The van der Waals surface area contributed by atoms with Crippen molar-refractivity contribution in [1.82, 2.24) is 4.89 Å². The lowest BCUT2D eigenvalue weighted by atomic mass is 10.2. The standard InChI is InChI=1S/C14H15N3O4S/c15-14(18)17(13-9-5-2-6-10-13)22(19,20)16-21-11-12-7-3-1-4-8-12/h1-10,16H,11H2,(H2,15,18). The summed E-state index contributed by atoms with van der Waals surface area (Å²) in [6.07, 6.45) is 0. The molecule has 0 aliphatic carbocycles. The molecule has 0 heterocycles. The number of primary amides is 1. The highest BCUT2D eigenvalue weighted by molar-refractivity contribution is 7.91. The number of benzene rings is 2. The van der Waals surface area contributed by atoms with Gasteiger partial charge in [-0.3, -0.25) is 4.84 Å². The van der Waals surface area contributed by atoms with Gasteiger partial charge in [0.05, 0.1) is 12.3 Å². The van der Waals surface area contributed by atoms with E-state index in [0.29, 0.717) is 4.31 Å². The summed E-state index contributed by atoms with van der Waals surface area (Å²) >= 11 is 0. The number of carbonyl (C=O) groups is 1. The smallest absolute Gasteiger partial charge is 0.334 e. The molecule has 22 heavy (non-hydrogen) atoms. The minimum absolute atomic E-state index is 0.0153. The Kier molecular flexibility index (Phi) is 5.10. The van der Waals surface area contributed by atoms with Crippen LogP contribution >= 0.6 is 0 Å². The number of hydrogen-bond acceptors (Lipinski definition) is 4. The molecule has 0 spiro atoms. The number of para-hydroxylation sites is 1. The van der Waals surface area contributed by atoms with E-state index in [1.807, 2.05) is 11.0 Å². The van der Waals surface area contributed by atoms with Crippen molar-refractivity contribution in [3.63, 3.8) is 0 Å². The Balaban J connectivity index is 2.08. The molecule has 0 unspecified atom stereocenters. The number of urea groups is 1.